The molecular weight excluding hydrogens is 266 g/mol. The molecule has 0 atom stereocenters. The van der Waals surface area contributed by atoms with Crippen LogP contribution in [0.3, 0.4) is 0 Å². The highest BCUT2D eigenvalue weighted by Crippen LogP contribution is 2.26. The van der Waals surface area contributed by atoms with Crippen LogP contribution in [0, 0.1) is 0 Å². The molecular formula is C13H12ClN3O2. The normalized spacial score (nSPS) is 10.0. The van der Waals surface area contributed by atoms with Crippen LogP contribution in [0.5, 0.6) is 0 Å². The maximum absolute atomic E-state index is 11.6. The predicted molar refractivity (Wildman–Crippen MR) is 74.7 cm³/mol. The number of para-hydroxylation sites is 1. The molecule has 6 heteroatoms. The number of halogens is 1. The van der Waals surface area contributed by atoms with Gasteiger partial charge in [0.2, 0.25) is 0 Å². The maximum Gasteiger partial charge on any atom is 0.339 e. The van der Waals surface area contributed by atoms with Crippen LogP contribution in [-0.4, -0.2) is 18.1 Å². The predicted octanol–water partition coefficient (Wildman–Crippen LogP) is 2.85. The molecule has 0 amide bonds. The van der Waals surface area contributed by atoms with E-state index in [0.717, 1.165) is 0 Å². The lowest BCUT2D eigenvalue weighted by molar-refractivity contribution is 0.0602. The minimum absolute atomic E-state index is 0.375. The van der Waals surface area contributed by atoms with E-state index in [1.807, 2.05) is 0 Å². The topological polar surface area (TPSA) is 77.2 Å². The molecule has 0 radical (unpaired) electrons. The minimum Gasteiger partial charge on any atom is -0.465 e. The Labute approximate surface area is 115 Å². The number of nitrogens with one attached hydrogen (secondary N) is 1. The highest BCUT2D eigenvalue weighted by Gasteiger charge is 2.12. The van der Waals surface area contributed by atoms with Gasteiger partial charge >= 0.3 is 5.97 Å². The number of benzene rings is 1. The molecule has 2 rings (SSSR count). The number of carbonyl (C=O) groups excluding carboxylic acids is 1. The van der Waals surface area contributed by atoms with Crippen molar-refractivity contribution in [2.45, 2.75) is 0 Å². The Hall–Kier alpha value is -2.27. The summed E-state index contributed by atoms with van der Waals surface area (Å²) < 4.78 is 4.71. The third kappa shape index (κ3) is 2.95. The second kappa shape index (κ2) is 5.58. The summed E-state index contributed by atoms with van der Waals surface area (Å²) >= 11 is 6.02. The lowest BCUT2D eigenvalue weighted by atomic mass is 10.2. The molecule has 3 N–H and O–H groups in total. The molecule has 0 bridgehead atoms. The third-order valence-electron chi connectivity index (χ3n) is 2.45. The van der Waals surface area contributed by atoms with Crippen LogP contribution in [0.25, 0.3) is 0 Å². The fourth-order valence-corrected chi connectivity index (χ4v) is 1.77. The number of methoxy groups -OCH3 is 1. The van der Waals surface area contributed by atoms with Crippen molar-refractivity contribution in [2.24, 2.45) is 0 Å². The minimum atomic E-state index is -0.435. The van der Waals surface area contributed by atoms with Crippen LogP contribution in [0.1, 0.15) is 10.4 Å². The second-order valence-corrected chi connectivity index (χ2v) is 4.17. The molecule has 0 saturated heterocycles. The van der Waals surface area contributed by atoms with E-state index in [2.05, 4.69) is 10.3 Å². The number of nitrogen functional groups attached to an aromatic ring is 1. The molecule has 0 aliphatic heterocycles. The monoisotopic (exact) mass is 277 g/mol. The van der Waals surface area contributed by atoms with Crippen LogP contribution in [0.4, 0.5) is 17.2 Å². The first-order valence-electron chi connectivity index (χ1n) is 5.47. The Morgan fingerprint density at radius 2 is 2.16 bits per heavy atom. The molecule has 0 spiro atoms. The first-order valence-corrected chi connectivity index (χ1v) is 5.85. The smallest absolute Gasteiger partial charge is 0.339 e. The van der Waals surface area contributed by atoms with Crippen LogP contribution < -0.4 is 11.1 Å². The number of pyridine rings is 1. The molecule has 5 nitrogen and oxygen atoms in total. The van der Waals surface area contributed by atoms with Crippen molar-refractivity contribution >= 4 is 34.8 Å². The molecule has 19 heavy (non-hydrogen) atoms. The molecule has 1 aromatic carbocycles. The zero-order valence-corrected chi connectivity index (χ0v) is 10.9. The Kier molecular flexibility index (Phi) is 3.87. The summed E-state index contributed by atoms with van der Waals surface area (Å²) in [5.74, 6) is -0.0121. The molecule has 98 valence electrons. The van der Waals surface area contributed by atoms with Gasteiger partial charge in [0, 0.05) is 0 Å². The molecule has 1 heterocycles. The number of hydrogen-bond donors (Lipinski definition) is 2. The number of ether oxygens (including phenoxy) is 1. The zero-order chi connectivity index (χ0) is 13.8. The van der Waals surface area contributed by atoms with E-state index in [9.17, 15) is 4.79 Å². The Morgan fingerprint density at radius 1 is 1.42 bits per heavy atom. The van der Waals surface area contributed by atoms with E-state index in [1.54, 1.807) is 30.3 Å². The standard InChI is InChI=1S/C13H12ClN3O2/c1-19-13(18)9-4-2-3-5-11(9)17-12-10(14)6-8(15)7-16-12/h2-7H,15H2,1H3,(H,16,17). The van der Waals surface area contributed by atoms with E-state index in [-0.39, 0.29) is 0 Å². The van der Waals surface area contributed by atoms with Crippen LogP contribution in [0.2, 0.25) is 5.02 Å². The van der Waals surface area contributed by atoms with Crippen molar-refractivity contribution in [3.63, 3.8) is 0 Å². The van der Waals surface area contributed by atoms with Crippen molar-refractivity contribution in [2.75, 3.05) is 18.2 Å². The number of nitrogens with zero attached hydrogens (tertiary/aromatic N) is 1. The first-order chi connectivity index (χ1) is 9.11. The summed E-state index contributed by atoms with van der Waals surface area (Å²) in [5.41, 5.74) is 7.01. The van der Waals surface area contributed by atoms with Gasteiger partial charge < -0.3 is 15.8 Å². The lowest BCUT2D eigenvalue weighted by Crippen LogP contribution is -2.06. The van der Waals surface area contributed by atoms with Gasteiger partial charge in [-0.25, -0.2) is 9.78 Å². The summed E-state index contributed by atoms with van der Waals surface area (Å²) in [6.45, 7) is 0. The maximum atomic E-state index is 11.6. The van der Waals surface area contributed by atoms with Crippen molar-refractivity contribution in [3.8, 4) is 0 Å². The summed E-state index contributed by atoms with van der Waals surface area (Å²) in [7, 11) is 1.33. The number of esters is 1. The van der Waals surface area contributed by atoms with Gasteiger partial charge in [0.1, 0.15) is 5.82 Å². The number of anilines is 3. The molecule has 0 aliphatic rings. The summed E-state index contributed by atoms with van der Waals surface area (Å²) in [6.07, 6.45) is 1.48. The van der Waals surface area contributed by atoms with Gasteiger partial charge in [-0.15, -0.1) is 0 Å². The van der Waals surface area contributed by atoms with E-state index < -0.39 is 5.97 Å². The van der Waals surface area contributed by atoms with Gasteiger partial charge in [-0.2, -0.15) is 0 Å². The molecule has 0 saturated carbocycles. The largest absolute Gasteiger partial charge is 0.465 e. The van der Waals surface area contributed by atoms with Gasteiger partial charge in [-0.1, -0.05) is 23.7 Å². The van der Waals surface area contributed by atoms with E-state index in [4.69, 9.17) is 22.1 Å². The number of carbonyl (C=O) groups is 1. The average molecular weight is 278 g/mol. The molecule has 2 aromatic rings. The SMILES string of the molecule is COC(=O)c1ccccc1Nc1ncc(N)cc1Cl. The summed E-state index contributed by atoms with van der Waals surface area (Å²) in [5, 5.41) is 3.36. The third-order valence-corrected chi connectivity index (χ3v) is 2.74. The van der Waals surface area contributed by atoms with Crippen LogP contribution in [0.15, 0.2) is 36.5 Å². The van der Waals surface area contributed by atoms with Crippen molar-refractivity contribution < 1.29 is 9.53 Å². The Morgan fingerprint density at radius 3 is 2.84 bits per heavy atom. The fourth-order valence-electron chi connectivity index (χ4n) is 1.55. The highest BCUT2D eigenvalue weighted by molar-refractivity contribution is 6.33. The van der Waals surface area contributed by atoms with Gasteiger partial charge in [-0.05, 0) is 18.2 Å². The van der Waals surface area contributed by atoms with Gasteiger partial charge in [-0.3, -0.25) is 0 Å². The van der Waals surface area contributed by atoms with Crippen molar-refractivity contribution in [1.82, 2.24) is 4.98 Å². The quantitative estimate of drug-likeness (QED) is 0.844. The molecule has 1 aromatic heterocycles. The highest BCUT2D eigenvalue weighted by atomic mass is 35.5. The van der Waals surface area contributed by atoms with Crippen molar-refractivity contribution in [1.29, 1.82) is 0 Å². The van der Waals surface area contributed by atoms with E-state index in [1.165, 1.54) is 13.3 Å². The average Bonchev–Trinajstić information content (AvgIpc) is 2.41. The Bertz CT molecular complexity index is 617. The molecule has 0 unspecified atom stereocenters. The zero-order valence-electron chi connectivity index (χ0n) is 10.2. The second-order valence-electron chi connectivity index (χ2n) is 3.76. The number of hydrogen-bond acceptors (Lipinski definition) is 5. The number of rotatable bonds is 3. The summed E-state index contributed by atoms with van der Waals surface area (Å²) in [4.78, 5) is 15.7. The fraction of sp³-hybridized carbons (Fsp3) is 0.0769. The van der Waals surface area contributed by atoms with E-state index in [0.29, 0.717) is 27.8 Å². The van der Waals surface area contributed by atoms with Crippen LogP contribution >= 0.6 is 11.6 Å². The first kappa shape index (κ1) is 13.2. The Balaban J connectivity index is 2.35. The van der Waals surface area contributed by atoms with Crippen LogP contribution in [-0.2, 0) is 4.74 Å². The van der Waals surface area contributed by atoms with Gasteiger partial charge in [0.05, 0.1) is 35.3 Å². The van der Waals surface area contributed by atoms with Gasteiger partial charge in [0.15, 0.2) is 0 Å². The van der Waals surface area contributed by atoms with Crippen molar-refractivity contribution in [3.05, 3.63) is 47.1 Å². The lowest BCUT2D eigenvalue weighted by Gasteiger charge is -2.11. The van der Waals surface area contributed by atoms with E-state index >= 15 is 0 Å². The number of nitrogens with two attached hydrogens (primary N) is 1. The van der Waals surface area contributed by atoms with Gasteiger partial charge in [0.25, 0.3) is 0 Å². The molecule has 0 aliphatic carbocycles. The summed E-state index contributed by atoms with van der Waals surface area (Å²) in [6, 6.07) is 8.51. The number of aromatic nitrogens is 1. The molecule has 0 fully saturated rings.